The van der Waals surface area contributed by atoms with Gasteiger partial charge in [0.15, 0.2) is 0 Å². The molecule has 0 radical (unpaired) electrons. The number of carbonyl (C=O) groups excluding carboxylic acids is 2. The zero-order valence-electron chi connectivity index (χ0n) is 18.8. The zero-order chi connectivity index (χ0) is 23.3. The van der Waals surface area contributed by atoms with Crippen molar-refractivity contribution >= 4 is 21.8 Å². The van der Waals surface area contributed by atoms with Crippen molar-refractivity contribution in [1.82, 2.24) is 14.9 Å². The predicted molar refractivity (Wildman–Crippen MR) is 124 cm³/mol. The van der Waals surface area contributed by atoms with Gasteiger partial charge in [-0.15, -0.1) is 0 Å². The number of hydrogen-bond donors (Lipinski definition) is 2. The van der Waals surface area contributed by atoms with Crippen LogP contribution in [0, 0.1) is 5.92 Å². The first-order valence-electron chi connectivity index (χ1n) is 10.9. The molecule has 1 aliphatic heterocycles. The molecule has 0 unspecified atom stereocenters. The van der Waals surface area contributed by atoms with Crippen LogP contribution in [0.4, 0.5) is 0 Å². The number of amides is 2. The van der Waals surface area contributed by atoms with Crippen LogP contribution in [0.5, 0.6) is 0 Å². The summed E-state index contributed by atoms with van der Waals surface area (Å²) in [7, 11) is -1.99. The first-order valence-corrected chi connectivity index (χ1v) is 12.3. The van der Waals surface area contributed by atoms with Crippen LogP contribution in [0.2, 0.25) is 0 Å². The van der Waals surface area contributed by atoms with Crippen molar-refractivity contribution in [2.75, 3.05) is 20.1 Å². The molecule has 2 aromatic carbocycles. The Labute approximate surface area is 190 Å². The fraction of sp³-hybridized carbons (Fsp3) is 0.417. The second-order valence-electron chi connectivity index (χ2n) is 8.40. The molecule has 0 saturated carbocycles. The van der Waals surface area contributed by atoms with E-state index in [4.69, 9.17) is 0 Å². The maximum atomic E-state index is 13.0. The minimum atomic E-state index is -3.56. The van der Waals surface area contributed by atoms with E-state index >= 15 is 0 Å². The van der Waals surface area contributed by atoms with Crippen molar-refractivity contribution in [2.45, 2.75) is 44.0 Å². The third-order valence-electron chi connectivity index (χ3n) is 5.89. The minimum absolute atomic E-state index is 0.0892. The normalized spacial score (nSPS) is 15.5. The summed E-state index contributed by atoms with van der Waals surface area (Å²) in [6.07, 6.45) is 0.959. The first kappa shape index (κ1) is 23.9. The Kier molecular flexibility index (Phi) is 7.69. The fourth-order valence-electron chi connectivity index (χ4n) is 3.83. The van der Waals surface area contributed by atoms with Gasteiger partial charge in [0.1, 0.15) is 0 Å². The molecule has 0 spiro atoms. The fourth-order valence-corrected chi connectivity index (χ4v) is 5.30. The molecule has 3 rings (SSSR count). The summed E-state index contributed by atoms with van der Waals surface area (Å²) in [6.45, 7) is 5.09. The molecule has 32 heavy (non-hydrogen) atoms. The summed E-state index contributed by atoms with van der Waals surface area (Å²) in [6, 6.07) is 14.1. The number of rotatable bonds is 7. The molecule has 172 valence electrons. The molecule has 2 N–H and O–H groups in total. The molecule has 8 heteroatoms. The molecule has 2 aromatic rings. The van der Waals surface area contributed by atoms with E-state index in [1.54, 1.807) is 37.4 Å². The lowest BCUT2D eigenvalue weighted by molar-refractivity contribution is -0.126. The predicted octanol–water partition coefficient (Wildman–Crippen LogP) is 2.89. The molecule has 1 heterocycles. The van der Waals surface area contributed by atoms with Gasteiger partial charge in [-0.3, -0.25) is 9.59 Å². The van der Waals surface area contributed by atoms with Crippen molar-refractivity contribution in [1.29, 1.82) is 0 Å². The Morgan fingerprint density at radius 1 is 1.06 bits per heavy atom. The van der Waals surface area contributed by atoms with Gasteiger partial charge >= 0.3 is 0 Å². The van der Waals surface area contributed by atoms with Gasteiger partial charge in [-0.1, -0.05) is 38.1 Å². The van der Waals surface area contributed by atoms with Gasteiger partial charge < -0.3 is 10.6 Å². The van der Waals surface area contributed by atoms with Crippen LogP contribution < -0.4 is 10.6 Å². The molecule has 0 aromatic heterocycles. The van der Waals surface area contributed by atoms with Gasteiger partial charge in [0, 0.05) is 38.2 Å². The molecule has 7 nitrogen and oxygen atoms in total. The Hall–Kier alpha value is -2.71. The zero-order valence-corrected chi connectivity index (χ0v) is 19.6. The molecule has 0 bridgehead atoms. The van der Waals surface area contributed by atoms with Crippen molar-refractivity contribution in [3.8, 4) is 0 Å². The van der Waals surface area contributed by atoms with E-state index in [2.05, 4.69) is 24.5 Å². The quantitative estimate of drug-likeness (QED) is 0.668. The lowest BCUT2D eigenvalue weighted by atomic mass is 9.97. The third-order valence-corrected chi connectivity index (χ3v) is 7.81. The largest absolute Gasteiger partial charge is 0.355 e. The van der Waals surface area contributed by atoms with E-state index in [0.29, 0.717) is 48.9 Å². The van der Waals surface area contributed by atoms with Crippen LogP contribution in [0.1, 0.15) is 54.1 Å². The van der Waals surface area contributed by atoms with Crippen molar-refractivity contribution < 1.29 is 18.0 Å². The topological polar surface area (TPSA) is 95.6 Å². The van der Waals surface area contributed by atoms with Crippen LogP contribution in [0.3, 0.4) is 0 Å². The molecular formula is C24H31N3O4S. The average molecular weight is 458 g/mol. The van der Waals surface area contributed by atoms with Crippen molar-refractivity contribution in [3.05, 3.63) is 65.2 Å². The number of nitrogens with one attached hydrogen (secondary N) is 2. The highest BCUT2D eigenvalue weighted by molar-refractivity contribution is 7.89. The first-order chi connectivity index (χ1) is 15.2. The average Bonchev–Trinajstić information content (AvgIpc) is 2.82. The van der Waals surface area contributed by atoms with Gasteiger partial charge in [-0.05, 0) is 54.2 Å². The Bertz CT molecular complexity index is 1060. The number of nitrogens with zero attached hydrogens (tertiary/aromatic N) is 1. The Morgan fingerprint density at radius 2 is 1.72 bits per heavy atom. The summed E-state index contributed by atoms with van der Waals surface area (Å²) in [4.78, 5) is 24.7. The molecular weight excluding hydrogens is 426 g/mol. The monoisotopic (exact) mass is 457 g/mol. The van der Waals surface area contributed by atoms with Crippen LogP contribution in [0.25, 0.3) is 0 Å². The van der Waals surface area contributed by atoms with Crippen LogP contribution in [-0.2, 0) is 21.4 Å². The number of hydrogen-bond acceptors (Lipinski definition) is 4. The molecule has 2 amide bonds. The van der Waals surface area contributed by atoms with E-state index in [1.165, 1.54) is 4.31 Å². The lowest BCUT2D eigenvalue weighted by Gasteiger charge is -2.30. The summed E-state index contributed by atoms with van der Waals surface area (Å²) in [5, 5.41) is 5.50. The highest BCUT2D eigenvalue weighted by Gasteiger charge is 2.32. The Balaban J connectivity index is 1.54. The van der Waals surface area contributed by atoms with Gasteiger partial charge in [-0.25, -0.2) is 8.42 Å². The van der Waals surface area contributed by atoms with Crippen LogP contribution in [-0.4, -0.2) is 44.7 Å². The van der Waals surface area contributed by atoms with E-state index in [1.807, 2.05) is 18.2 Å². The number of sulfonamides is 1. The smallest absolute Gasteiger partial charge is 0.251 e. The molecule has 1 fully saturated rings. The van der Waals surface area contributed by atoms with Gasteiger partial charge in [-0.2, -0.15) is 4.31 Å². The van der Waals surface area contributed by atoms with E-state index in [0.717, 1.165) is 11.1 Å². The van der Waals surface area contributed by atoms with Crippen molar-refractivity contribution in [2.24, 2.45) is 5.92 Å². The summed E-state index contributed by atoms with van der Waals surface area (Å²) in [5.41, 5.74) is 2.48. The Morgan fingerprint density at radius 3 is 2.31 bits per heavy atom. The van der Waals surface area contributed by atoms with E-state index < -0.39 is 10.0 Å². The lowest BCUT2D eigenvalue weighted by Crippen LogP contribution is -2.42. The maximum Gasteiger partial charge on any atom is 0.251 e. The second kappa shape index (κ2) is 10.3. The molecule has 0 aliphatic carbocycles. The van der Waals surface area contributed by atoms with Crippen LogP contribution in [0.15, 0.2) is 53.4 Å². The highest BCUT2D eigenvalue weighted by Crippen LogP contribution is 2.25. The third kappa shape index (κ3) is 5.55. The maximum absolute atomic E-state index is 13.0. The summed E-state index contributed by atoms with van der Waals surface area (Å²) < 4.78 is 27.4. The molecule has 0 atom stereocenters. The van der Waals surface area contributed by atoms with Gasteiger partial charge in [0.05, 0.1) is 4.90 Å². The standard InChI is InChI=1S/C24H31N3O4S/c1-17(2)19-7-9-22(10-8-19)32(30,31)27-13-11-20(12-14-27)24(29)26-16-18-5-4-6-21(15-18)23(28)25-3/h4-10,15,17,20H,11-14,16H2,1-3H3,(H,25,28)(H,26,29). The van der Waals surface area contributed by atoms with E-state index in [9.17, 15) is 18.0 Å². The van der Waals surface area contributed by atoms with E-state index in [-0.39, 0.29) is 17.7 Å². The van der Waals surface area contributed by atoms with Gasteiger partial charge in [0.25, 0.3) is 5.91 Å². The SMILES string of the molecule is CNC(=O)c1cccc(CNC(=O)C2CCN(S(=O)(=O)c3ccc(C(C)C)cc3)CC2)c1. The molecule has 1 saturated heterocycles. The summed E-state index contributed by atoms with van der Waals surface area (Å²) in [5.74, 6) is -0.154. The number of piperidine rings is 1. The summed E-state index contributed by atoms with van der Waals surface area (Å²) >= 11 is 0. The highest BCUT2D eigenvalue weighted by atomic mass is 32.2. The minimum Gasteiger partial charge on any atom is -0.355 e. The number of carbonyl (C=O) groups is 2. The molecule has 1 aliphatic rings. The second-order valence-corrected chi connectivity index (χ2v) is 10.3. The van der Waals surface area contributed by atoms with Crippen molar-refractivity contribution in [3.63, 3.8) is 0 Å². The number of benzene rings is 2. The van der Waals surface area contributed by atoms with Crippen LogP contribution >= 0.6 is 0 Å². The van der Waals surface area contributed by atoms with Gasteiger partial charge in [0.2, 0.25) is 15.9 Å².